The van der Waals surface area contributed by atoms with Gasteiger partial charge in [0.1, 0.15) is 5.82 Å². The third-order valence-electron chi connectivity index (χ3n) is 1.26. The van der Waals surface area contributed by atoms with Gasteiger partial charge in [-0.2, -0.15) is 4.99 Å². The Morgan fingerprint density at radius 2 is 2.00 bits per heavy atom. The van der Waals surface area contributed by atoms with E-state index >= 15 is 0 Å². The number of halogens is 1. The summed E-state index contributed by atoms with van der Waals surface area (Å²) in [4.78, 5) is 12.9. The molecule has 0 radical (unpaired) electrons. The maximum atomic E-state index is 12.4. The standard InChI is InChI=1S/C9H6FNO/c10-9-3-1-8(2-4-9)5-6-11-7-12/h1-6H/b6-5+. The lowest BCUT2D eigenvalue weighted by Crippen LogP contribution is -1.73. The van der Waals surface area contributed by atoms with Crippen molar-refractivity contribution in [2.75, 3.05) is 0 Å². The SMILES string of the molecule is O=C=N/C=C/c1ccc(F)cc1. The van der Waals surface area contributed by atoms with E-state index in [1.165, 1.54) is 24.4 Å². The third kappa shape index (κ3) is 2.48. The van der Waals surface area contributed by atoms with E-state index in [9.17, 15) is 9.18 Å². The van der Waals surface area contributed by atoms with Crippen molar-refractivity contribution < 1.29 is 9.18 Å². The van der Waals surface area contributed by atoms with Crippen LogP contribution in [0.1, 0.15) is 5.56 Å². The molecule has 0 heterocycles. The fourth-order valence-corrected chi connectivity index (χ4v) is 0.728. The van der Waals surface area contributed by atoms with Crippen LogP contribution in [0.2, 0.25) is 0 Å². The van der Waals surface area contributed by atoms with E-state index in [1.807, 2.05) is 0 Å². The summed E-state index contributed by atoms with van der Waals surface area (Å²) in [7, 11) is 0. The average Bonchev–Trinajstić information content (AvgIpc) is 2.09. The minimum absolute atomic E-state index is 0.286. The van der Waals surface area contributed by atoms with Gasteiger partial charge in [-0.25, -0.2) is 9.18 Å². The number of aliphatic imine (C=N–C) groups is 1. The van der Waals surface area contributed by atoms with E-state index in [1.54, 1.807) is 18.2 Å². The quantitative estimate of drug-likeness (QED) is 0.485. The summed E-state index contributed by atoms with van der Waals surface area (Å²) in [5.41, 5.74) is 0.787. The molecule has 0 aliphatic carbocycles. The zero-order valence-corrected chi connectivity index (χ0v) is 6.20. The zero-order chi connectivity index (χ0) is 8.81. The summed E-state index contributed by atoms with van der Waals surface area (Å²) in [6.07, 6.45) is 4.26. The summed E-state index contributed by atoms with van der Waals surface area (Å²) >= 11 is 0. The molecule has 0 amide bonds. The van der Waals surface area contributed by atoms with Gasteiger partial charge in [0.15, 0.2) is 0 Å². The van der Waals surface area contributed by atoms with E-state index in [2.05, 4.69) is 4.99 Å². The number of rotatable bonds is 2. The van der Waals surface area contributed by atoms with Crippen molar-refractivity contribution in [1.82, 2.24) is 0 Å². The summed E-state index contributed by atoms with van der Waals surface area (Å²) in [5.74, 6) is -0.286. The molecule has 0 atom stereocenters. The predicted molar refractivity (Wildman–Crippen MR) is 43.6 cm³/mol. The lowest BCUT2D eigenvalue weighted by atomic mass is 10.2. The van der Waals surface area contributed by atoms with Gasteiger partial charge in [0.05, 0.1) is 0 Å². The van der Waals surface area contributed by atoms with Crippen molar-refractivity contribution in [3.63, 3.8) is 0 Å². The molecule has 3 heteroatoms. The van der Waals surface area contributed by atoms with Crippen LogP contribution in [-0.4, -0.2) is 6.08 Å². The Morgan fingerprint density at radius 1 is 1.33 bits per heavy atom. The molecule has 0 bridgehead atoms. The maximum absolute atomic E-state index is 12.4. The summed E-state index contributed by atoms with van der Waals surface area (Å²) in [6.45, 7) is 0. The first kappa shape index (κ1) is 8.37. The summed E-state index contributed by atoms with van der Waals surface area (Å²) in [5, 5.41) is 0. The smallest absolute Gasteiger partial charge is 0.211 e. The van der Waals surface area contributed by atoms with Crippen molar-refractivity contribution >= 4 is 12.2 Å². The van der Waals surface area contributed by atoms with Crippen LogP contribution in [0.25, 0.3) is 6.08 Å². The van der Waals surface area contributed by atoms with Crippen LogP contribution in [0, 0.1) is 5.82 Å². The van der Waals surface area contributed by atoms with Gasteiger partial charge < -0.3 is 0 Å². The number of hydrogen-bond acceptors (Lipinski definition) is 2. The lowest BCUT2D eigenvalue weighted by molar-refractivity contribution is 0.565. The van der Waals surface area contributed by atoms with Crippen LogP contribution < -0.4 is 0 Å². The van der Waals surface area contributed by atoms with E-state index in [-0.39, 0.29) is 5.82 Å². The monoisotopic (exact) mass is 163 g/mol. The number of nitrogens with zero attached hydrogens (tertiary/aromatic N) is 1. The zero-order valence-electron chi connectivity index (χ0n) is 6.20. The lowest BCUT2D eigenvalue weighted by Gasteiger charge is -1.89. The van der Waals surface area contributed by atoms with E-state index in [4.69, 9.17) is 0 Å². The second-order valence-electron chi connectivity index (χ2n) is 2.09. The van der Waals surface area contributed by atoms with Crippen molar-refractivity contribution in [3.05, 3.63) is 41.8 Å². The van der Waals surface area contributed by atoms with Gasteiger partial charge in [0.2, 0.25) is 6.08 Å². The van der Waals surface area contributed by atoms with Crippen LogP contribution in [0.3, 0.4) is 0 Å². The average molecular weight is 163 g/mol. The molecule has 0 saturated heterocycles. The third-order valence-corrected chi connectivity index (χ3v) is 1.26. The minimum Gasteiger partial charge on any atom is -0.211 e. The molecule has 1 rings (SSSR count). The van der Waals surface area contributed by atoms with E-state index in [0.717, 1.165) is 5.56 Å². The molecule has 0 unspecified atom stereocenters. The van der Waals surface area contributed by atoms with Crippen molar-refractivity contribution in [1.29, 1.82) is 0 Å². The molecule has 60 valence electrons. The van der Waals surface area contributed by atoms with Gasteiger partial charge in [-0.1, -0.05) is 12.1 Å². The maximum Gasteiger partial charge on any atom is 0.239 e. The van der Waals surface area contributed by atoms with E-state index in [0.29, 0.717) is 0 Å². The van der Waals surface area contributed by atoms with Gasteiger partial charge in [-0.05, 0) is 23.8 Å². The Bertz CT molecular complexity index is 323. The highest BCUT2D eigenvalue weighted by Gasteiger charge is 1.87. The normalized spacial score (nSPS) is 9.75. The molecule has 12 heavy (non-hydrogen) atoms. The molecule has 2 nitrogen and oxygen atoms in total. The molecule has 0 aliphatic rings. The highest BCUT2D eigenvalue weighted by Crippen LogP contribution is 2.04. The van der Waals surface area contributed by atoms with Crippen molar-refractivity contribution in [2.45, 2.75) is 0 Å². The largest absolute Gasteiger partial charge is 0.239 e. The van der Waals surface area contributed by atoms with Crippen LogP contribution in [0.15, 0.2) is 35.5 Å². The van der Waals surface area contributed by atoms with Gasteiger partial charge in [0.25, 0.3) is 0 Å². The first-order chi connectivity index (χ1) is 5.83. The molecule has 0 N–H and O–H groups in total. The van der Waals surface area contributed by atoms with Crippen molar-refractivity contribution in [3.8, 4) is 0 Å². The second-order valence-corrected chi connectivity index (χ2v) is 2.09. The van der Waals surface area contributed by atoms with Crippen molar-refractivity contribution in [2.24, 2.45) is 4.99 Å². The first-order valence-electron chi connectivity index (χ1n) is 3.32. The Balaban J connectivity index is 2.77. The summed E-state index contributed by atoms with van der Waals surface area (Å²) < 4.78 is 12.4. The highest BCUT2D eigenvalue weighted by molar-refractivity contribution is 5.50. The van der Waals surface area contributed by atoms with Gasteiger partial charge >= 0.3 is 0 Å². The molecular weight excluding hydrogens is 157 g/mol. The van der Waals surface area contributed by atoms with Gasteiger partial charge in [-0.15, -0.1) is 0 Å². The topological polar surface area (TPSA) is 29.4 Å². The Labute approximate surface area is 69.1 Å². The Hall–Kier alpha value is -1.73. The van der Waals surface area contributed by atoms with Crippen LogP contribution >= 0.6 is 0 Å². The summed E-state index contributed by atoms with van der Waals surface area (Å²) in [6, 6.07) is 5.85. The molecule has 1 aromatic rings. The Kier molecular flexibility index (Phi) is 2.94. The molecule has 0 spiro atoms. The van der Waals surface area contributed by atoms with Gasteiger partial charge in [-0.3, -0.25) is 0 Å². The molecule has 1 aromatic carbocycles. The molecule has 0 fully saturated rings. The molecule has 0 saturated carbocycles. The number of benzene rings is 1. The predicted octanol–water partition coefficient (Wildman–Crippen LogP) is 2.13. The van der Waals surface area contributed by atoms with E-state index < -0.39 is 0 Å². The van der Waals surface area contributed by atoms with Gasteiger partial charge in [0, 0.05) is 6.20 Å². The fourth-order valence-electron chi connectivity index (χ4n) is 0.728. The van der Waals surface area contributed by atoms with Crippen LogP contribution in [-0.2, 0) is 4.79 Å². The fraction of sp³-hybridized carbons (Fsp3) is 0. The highest BCUT2D eigenvalue weighted by atomic mass is 19.1. The molecule has 0 aliphatic heterocycles. The Morgan fingerprint density at radius 3 is 2.58 bits per heavy atom. The number of isocyanates is 1. The first-order valence-corrected chi connectivity index (χ1v) is 3.32. The number of carbonyl (C=O) groups excluding carboxylic acids is 1. The minimum atomic E-state index is -0.286. The van der Waals surface area contributed by atoms with Crippen LogP contribution in [0.5, 0.6) is 0 Å². The van der Waals surface area contributed by atoms with Crippen LogP contribution in [0.4, 0.5) is 4.39 Å². The molecule has 0 aromatic heterocycles. The second kappa shape index (κ2) is 4.21. The molecular formula is C9H6FNO. The number of hydrogen-bond donors (Lipinski definition) is 0.